The van der Waals surface area contributed by atoms with Gasteiger partial charge in [-0.1, -0.05) is 30.3 Å². The number of benzene rings is 1. The van der Waals surface area contributed by atoms with Crippen molar-refractivity contribution in [2.45, 2.75) is 38.5 Å². The Bertz CT molecular complexity index is 422. The van der Waals surface area contributed by atoms with Gasteiger partial charge in [0.25, 0.3) is 0 Å². The minimum atomic E-state index is -0.463. The Kier molecular flexibility index (Phi) is 5.18. The number of amides is 1. The van der Waals surface area contributed by atoms with Gasteiger partial charge >= 0.3 is 0 Å². The van der Waals surface area contributed by atoms with Gasteiger partial charge < -0.3 is 10.6 Å². The fraction of sp³-hybridized carbons (Fsp3) is 0.588. The molecule has 3 heteroatoms. The van der Waals surface area contributed by atoms with E-state index in [1.807, 2.05) is 44.2 Å². The van der Waals surface area contributed by atoms with Crippen LogP contribution in [0.5, 0.6) is 0 Å². The maximum absolute atomic E-state index is 12.4. The van der Waals surface area contributed by atoms with Crippen molar-refractivity contribution in [3.8, 4) is 0 Å². The molecular formula is C17H26N2O. The fourth-order valence-electron chi connectivity index (χ4n) is 2.77. The van der Waals surface area contributed by atoms with E-state index in [2.05, 4.69) is 10.6 Å². The second-order valence-electron chi connectivity index (χ2n) is 6.23. The van der Waals surface area contributed by atoms with Crippen molar-refractivity contribution in [1.29, 1.82) is 0 Å². The van der Waals surface area contributed by atoms with Crippen molar-refractivity contribution < 1.29 is 4.79 Å². The SMILES string of the molecule is CC(C)(C(=O)NCCC1CCNCC1)c1ccccc1. The summed E-state index contributed by atoms with van der Waals surface area (Å²) in [7, 11) is 0. The van der Waals surface area contributed by atoms with Gasteiger partial charge in [-0.15, -0.1) is 0 Å². The molecule has 1 fully saturated rings. The smallest absolute Gasteiger partial charge is 0.230 e. The van der Waals surface area contributed by atoms with Crippen LogP contribution in [-0.4, -0.2) is 25.5 Å². The molecule has 0 aromatic heterocycles. The zero-order valence-corrected chi connectivity index (χ0v) is 12.6. The number of hydrogen-bond acceptors (Lipinski definition) is 2. The minimum Gasteiger partial charge on any atom is -0.355 e. The Balaban J connectivity index is 1.81. The molecule has 1 saturated heterocycles. The molecule has 0 saturated carbocycles. The molecular weight excluding hydrogens is 248 g/mol. The van der Waals surface area contributed by atoms with E-state index in [-0.39, 0.29) is 5.91 Å². The minimum absolute atomic E-state index is 0.123. The zero-order valence-electron chi connectivity index (χ0n) is 12.6. The van der Waals surface area contributed by atoms with Crippen molar-refractivity contribution >= 4 is 5.91 Å². The predicted octanol–water partition coefficient (Wildman–Crippen LogP) is 2.47. The summed E-state index contributed by atoms with van der Waals surface area (Å²) >= 11 is 0. The molecule has 3 nitrogen and oxygen atoms in total. The van der Waals surface area contributed by atoms with Crippen LogP contribution < -0.4 is 10.6 Å². The third kappa shape index (κ3) is 3.83. The first-order valence-electron chi connectivity index (χ1n) is 7.65. The number of carbonyl (C=O) groups is 1. The van der Waals surface area contributed by atoms with Gasteiger partial charge in [0, 0.05) is 6.54 Å². The van der Waals surface area contributed by atoms with E-state index in [1.165, 1.54) is 12.8 Å². The molecule has 0 aliphatic carbocycles. The van der Waals surface area contributed by atoms with E-state index in [0.717, 1.165) is 37.5 Å². The summed E-state index contributed by atoms with van der Waals surface area (Å²) in [6.45, 7) is 7.01. The van der Waals surface area contributed by atoms with E-state index in [9.17, 15) is 4.79 Å². The highest BCUT2D eigenvalue weighted by Gasteiger charge is 2.29. The first-order valence-corrected chi connectivity index (χ1v) is 7.65. The third-order valence-corrected chi connectivity index (χ3v) is 4.36. The highest BCUT2D eigenvalue weighted by atomic mass is 16.2. The molecule has 0 radical (unpaired) electrons. The molecule has 0 atom stereocenters. The lowest BCUT2D eigenvalue weighted by Gasteiger charge is -2.26. The van der Waals surface area contributed by atoms with E-state index < -0.39 is 5.41 Å². The Morgan fingerprint density at radius 3 is 2.55 bits per heavy atom. The van der Waals surface area contributed by atoms with Crippen LogP contribution in [0.15, 0.2) is 30.3 Å². The van der Waals surface area contributed by atoms with Crippen LogP contribution in [0.3, 0.4) is 0 Å². The summed E-state index contributed by atoms with van der Waals surface area (Å²) in [5.74, 6) is 0.883. The second kappa shape index (κ2) is 6.89. The Morgan fingerprint density at radius 2 is 1.90 bits per heavy atom. The van der Waals surface area contributed by atoms with Gasteiger partial charge in [-0.2, -0.15) is 0 Å². The molecule has 1 aromatic carbocycles. The van der Waals surface area contributed by atoms with Crippen LogP contribution in [0.4, 0.5) is 0 Å². The fourth-order valence-corrected chi connectivity index (χ4v) is 2.77. The molecule has 0 unspecified atom stereocenters. The maximum Gasteiger partial charge on any atom is 0.230 e. The molecule has 2 N–H and O–H groups in total. The molecule has 1 aliphatic heterocycles. The summed E-state index contributed by atoms with van der Waals surface area (Å²) in [5.41, 5.74) is 0.606. The number of rotatable bonds is 5. The van der Waals surface area contributed by atoms with Gasteiger partial charge in [0.2, 0.25) is 5.91 Å². The van der Waals surface area contributed by atoms with Crippen LogP contribution in [0.1, 0.15) is 38.7 Å². The average Bonchev–Trinajstić information content (AvgIpc) is 2.49. The molecule has 20 heavy (non-hydrogen) atoms. The molecule has 110 valence electrons. The summed E-state index contributed by atoms with van der Waals surface area (Å²) in [6.07, 6.45) is 3.56. The highest BCUT2D eigenvalue weighted by molar-refractivity contribution is 5.87. The maximum atomic E-state index is 12.4. The van der Waals surface area contributed by atoms with Crippen LogP contribution in [0, 0.1) is 5.92 Å². The first kappa shape index (κ1) is 15.0. The molecule has 1 aromatic rings. The first-order chi connectivity index (χ1) is 9.60. The lowest BCUT2D eigenvalue weighted by atomic mass is 9.83. The highest BCUT2D eigenvalue weighted by Crippen LogP contribution is 2.23. The molecule has 1 heterocycles. The number of carbonyl (C=O) groups excluding carboxylic acids is 1. The van der Waals surface area contributed by atoms with Gasteiger partial charge in [-0.25, -0.2) is 0 Å². The quantitative estimate of drug-likeness (QED) is 0.866. The predicted molar refractivity (Wildman–Crippen MR) is 82.7 cm³/mol. The monoisotopic (exact) mass is 274 g/mol. The lowest BCUT2D eigenvalue weighted by Crippen LogP contribution is -2.41. The van der Waals surface area contributed by atoms with Crippen molar-refractivity contribution in [3.63, 3.8) is 0 Å². The van der Waals surface area contributed by atoms with Gasteiger partial charge in [0.05, 0.1) is 5.41 Å². The van der Waals surface area contributed by atoms with Crippen LogP contribution in [0.25, 0.3) is 0 Å². The van der Waals surface area contributed by atoms with Crippen LogP contribution in [0.2, 0.25) is 0 Å². The van der Waals surface area contributed by atoms with Crippen molar-refractivity contribution in [2.75, 3.05) is 19.6 Å². The van der Waals surface area contributed by atoms with E-state index in [0.29, 0.717) is 0 Å². The van der Waals surface area contributed by atoms with E-state index >= 15 is 0 Å². The largest absolute Gasteiger partial charge is 0.355 e. The van der Waals surface area contributed by atoms with E-state index in [1.54, 1.807) is 0 Å². The Morgan fingerprint density at radius 1 is 1.25 bits per heavy atom. The zero-order chi connectivity index (χ0) is 14.4. The number of hydrogen-bond donors (Lipinski definition) is 2. The summed E-state index contributed by atoms with van der Waals surface area (Å²) in [5, 5.41) is 6.48. The summed E-state index contributed by atoms with van der Waals surface area (Å²) in [6, 6.07) is 9.99. The third-order valence-electron chi connectivity index (χ3n) is 4.36. The average molecular weight is 274 g/mol. The topological polar surface area (TPSA) is 41.1 Å². The van der Waals surface area contributed by atoms with Gasteiger partial charge in [-0.05, 0) is 57.7 Å². The Hall–Kier alpha value is -1.35. The normalized spacial score (nSPS) is 16.9. The summed E-state index contributed by atoms with van der Waals surface area (Å²) < 4.78 is 0. The molecule has 0 bridgehead atoms. The second-order valence-corrected chi connectivity index (χ2v) is 6.23. The van der Waals surface area contributed by atoms with Crippen molar-refractivity contribution in [2.24, 2.45) is 5.92 Å². The standard InChI is InChI=1S/C17H26N2O/c1-17(2,15-6-4-3-5-7-15)16(20)19-13-10-14-8-11-18-12-9-14/h3-7,14,18H,8-13H2,1-2H3,(H,19,20). The molecule has 1 amide bonds. The van der Waals surface area contributed by atoms with Crippen molar-refractivity contribution in [3.05, 3.63) is 35.9 Å². The number of piperidine rings is 1. The van der Waals surface area contributed by atoms with Gasteiger partial charge in [0.15, 0.2) is 0 Å². The molecule has 2 rings (SSSR count). The van der Waals surface area contributed by atoms with Crippen LogP contribution >= 0.6 is 0 Å². The van der Waals surface area contributed by atoms with Gasteiger partial charge in [0.1, 0.15) is 0 Å². The number of nitrogens with one attached hydrogen (secondary N) is 2. The van der Waals surface area contributed by atoms with Gasteiger partial charge in [-0.3, -0.25) is 4.79 Å². The van der Waals surface area contributed by atoms with Crippen LogP contribution in [-0.2, 0) is 10.2 Å². The molecule has 1 aliphatic rings. The summed E-state index contributed by atoms with van der Waals surface area (Å²) in [4.78, 5) is 12.4. The molecule has 0 spiro atoms. The Labute approximate surface area is 122 Å². The van der Waals surface area contributed by atoms with E-state index in [4.69, 9.17) is 0 Å². The van der Waals surface area contributed by atoms with Crippen molar-refractivity contribution in [1.82, 2.24) is 10.6 Å². The lowest BCUT2D eigenvalue weighted by molar-refractivity contribution is -0.125.